The molecule has 0 amide bonds. The molecule has 0 heterocycles. The van der Waals surface area contributed by atoms with Crippen molar-refractivity contribution in [3.8, 4) is 122 Å². The van der Waals surface area contributed by atoms with Crippen molar-refractivity contribution in [3.05, 3.63) is 370 Å². The molecule has 0 saturated carbocycles. The van der Waals surface area contributed by atoms with Gasteiger partial charge in [-0.25, -0.2) is 0 Å². The summed E-state index contributed by atoms with van der Waals surface area (Å²) in [5, 5.41) is 0. The summed E-state index contributed by atoms with van der Waals surface area (Å²) in [6, 6.07) is 118. The van der Waals surface area contributed by atoms with Crippen LogP contribution in [0.4, 0.5) is 0 Å². The third-order valence-electron chi connectivity index (χ3n) is 23.8. The van der Waals surface area contributed by atoms with Gasteiger partial charge in [0.1, 0.15) is 0 Å². The highest BCUT2D eigenvalue weighted by Gasteiger charge is 2.49. The molecule has 0 nitrogen and oxygen atoms in total. The third-order valence-corrected chi connectivity index (χ3v) is 23.8. The molecule has 97 heavy (non-hydrogen) atoms. The van der Waals surface area contributed by atoms with Crippen molar-refractivity contribution in [2.75, 3.05) is 0 Å². The highest BCUT2D eigenvalue weighted by molar-refractivity contribution is 6.02. The van der Waals surface area contributed by atoms with Crippen LogP contribution in [-0.4, -0.2) is 0 Å². The molecule has 5 aliphatic rings. The minimum atomic E-state index is -0.914. The molecule has 0 aromatic heterocycles. The zero-order chi connectivity index (χ0) is 65.5. The quantitative estimate of drug-likeness (QED) is 0.142. The van der Waals surface area contributed by atoms with Gasteiger partial charge in [0.05, 0.1) is 5.41 Å². The van der Waals surface area contributed by atoms with E-state index in [1.165, 1.54) is 189 Å². The average molecular weight is 1240 g/mol. The fraction of sp³-hybridized carbons (Fsp3) is 0.134. The molecule has 0 N–H and O–H groups in total. The largest absolute Gasteiger partial charge is 0.0714 e. The molecular weight excluding hydrogens is 1170 g/mol. The second-order valence-corrected chi connectivity index (χ2v) is 30.2. The zero-order valence-corrected chi connectivity index (χ0v) is 56.4. The lowest BCUT2D eigenvalue weighted by Crippen LogP contribution is -2.29. The molecule has 0 aliphatic heterocycles. The van der Waals surface area contributed by atoms with E-state index in [2.05, 4.69) is 359 Å². The van der Waals surface area contributed by atoms with E-state index >= 15 is 0 Å². The molecule has 19 rings (SSSR count). The summed E-state index contributed by atoms with van der Waals surface area (Å²) < 4.78 is 0. The van der Waals surface area contributed by atoms with Crippen molar-refractivity contribution in [1.82, 2.24) is 0 Å². The molecule has 14 aromatic carbocycles. The van der Waals surface area contributed by atoms with E-state index in [-0.39, 0.29) is 21.7 Å². The summed E-state index contributed by atoms with van der Waals surface area (Å²) in [5.41, 5.74) is 41.9. The highest BCUT2D eigenvalue weighted by atomic mass is 14.5. The van der Waals surface area contributed by atoms with Gasteiger partial charge in [0.2, 0.25) is 0 Å². The molecule has 14 aromatic rings. The fourth-order valence-corrected chi connectivity index (χ4v) is 19.1. The van der Waals surface area contributed by atoms with Gasteiger partial charge in [0, 0.05) is 21.7 Å². The minimum Gasteiger partial charge on any atom is -0.0622 e. The van der Waals surface area contributed by atoms with Crippen LogP contribution in [0.2, 0.25) is 0 Å². The summed E-state index contributed by atoms with van der Waals surface area (Å²) in [5.74, 6) is 0. The van der Waals surface area contributed by atoms with Gasteiger partial charge in [0.25, 0.3) is 0 Å². The van der Waals surface area contributed by atoms with E-state index in [1.807, 2.05) is 0 Å². The van der Waals surface area contributed by atoms with E-state index in [0.29, 0.717) is 0 Å². The Bertz CT molecular complexity index is 5180. The smallest absolute Gasteiger partial charge is 0.0622 e. The van der Waals surface area contributed by atoms with E-state index in [0.717, 1.165) is 0 Å². The summed E-state index contributed by atoms with van der Waals surface area (Å²) in [4.78, 5) is 0. The lowest BCUT2D eigenvalue weighted by Gasteiger charge is -2.36. The molecule has 0 fully saturated rings. The number of benzene rings is 14. The normalized spacial score (nSPS) is 15.6. The fourth-order valence-electron chi connectivity index (χ4n) is 19.1. The lowest BCUT2D eigenvalue weighted by molar-refractivity contribution is 0.660. The molecule has 0 heteroatoms. The van der Waals surface area contributed by atoms with Crippen LogP contribution < -0.4 is 0 Å². The van der Waals surface area contributed by atoms with Crippen LogP contribution in [0.15, 0.2) is 303 Å². The predicted octanol–water partition coefficient (Wildman–Crippen LogP) is 25.3. The Morgan fingerprint density at radius 1 is 0.155 bits per heavy atom. The Balaban J connectivity index is 0.985. The molecule has 462 valence electrons. The monoisotopic (exact) mass is 1240 g/mol. The van der Waals surface area contributed by atoms with E-state index in [4.69, 9.17) is 0 Å². The Kier molecular flexibility index (Phi) is 12.2. The van der Waals surface area contributed by atoms with Gasteiger partial charge < -0.3 is 0 Å². The van der Waals surface area contributed by atoms with Crippen molar-refractivity contribution >= 4 is 0 Å². The number of rotatable bonds is 8. The number of fused-ring (bicyclic) bond motifs is 15. The topological polar surface area (TPSA) is 0 Å². The SMILES string of the molecule is CC1(C)c2ccccc2-c2c(-c3cc(-c4cccc5c4-c4ccccc4C5(C)C)cc(C4(c5cc(-c6cccc7c6-c6ccccc6C7(C)C)cc(-c6cccc7c6-c6ccccc6C7(C)C)c5)c5ccccc5-c5c(-c6cccc(-c7ccccc7)c6)cccc54)c3)cccc21. The predicted molar refractivity (Wildman–Crippen MR) is 407 cm³/mol. The Morgan fingerprint density at radius 2 is 0.381 bits per heavy atom. The van der Waals surface area contributed by atoms with Crippen molar-refractivity contribution in [2.45, 2.75) is 82.5 Å². The molecule has 5 aliphatic carbocycles. The van der Waals surface area contributed by atoms with Crippen LogP contribution in [0.25, 0.3) is 122 Å². The standard InChI is InChI=1S/C97H74/c1-93(2)78-42-17-12-32-73(78)88-69(38-23-47-83(88)93)62-53-63(70-39-24-48-84-89(70)74-33-13-18-43-79(74)94(84,3)4)56-66(55-62)97(82-46-21-16-36-77(82)92-68(37-27-51-87(92)97)61-31-22-30-60(52-61)59-28-10-9-11-29-59)67-57-64(71-40-25-49-85-90(71)75-34-14-19-44-80(75)95(85,5)6)54-65(58-67)72-41-26-50-86-91(72)76-35-15-20-45-81(76)96(86,7)8/h9-58H,1-8H3. The van der Waals surface area contributed by atoms with E-state index in [1.54, 1.807) is 0 Å². The Labute approximate surface area is 571 Å². The van der Waals surface area contributed by atoms with Crippen molar-refractivity contribution in [1.29, 1.82) is 0 Å². The summed E-state index contributed by atoms with van der Waals surface area (Å²) >= 11 is 0. The van der Waals surface area contributed by atoms with Crippen LogP contribution in [0.5, 0.6) is 0 Å². The number of hydrogen-bond acceptors (Lipinski definition) is 0. The van der Waals surface area contributed by atoms with Gasteiger partial charge in [0.15, 0.2) is 0 Å². The van der Waals surface area contributed by atoms with Crippen molar-refractivity contribution in [2.24, 2.45) is 0 Å². The first-order valence-electron chi connectivity index (χ1n) is 34.8. The molecule has 0 spiro atoms. The van der Waals surface area contributed by atoms with E-state index < -0.39 is 5.41 Å². The Hall–Kier alpha value is -10.9. The van der Waals surface area contributed by atoms with Gasteiger partial charge in [-0.15, -0.1) is 0 Å². The number of hydrogen-bond donors (Lipinski definition) is 0. The molecule has 0 unspecified atom stereocenters. The summed E-state index contributed by atoms with van der Waals surface area (Å²) in [6.07, 6.45) is 0. The zero-order valence-electron chi connectivity index (χ0n) is 56.4. The maximum Gasteiger partial charge on any atom is 0.0714 e. The first-order valence-corrected chi connectivity index (χ1v) is 34.8. The maximum atomic E-state index is 2.63. The first kappa shape index (κ1) is 57.5. The first-order chi connectivity index (χ1) is 47.1. The van der Waals surface area contributed by atoms with Crippen LogP contribution in [-0.2, 0) is 27.1 Å². The van der Waals surface area contributed by atoms with Crippen molar-refractivity contribution < 1.29 is 0 Å². The van der Waals surface area contributed by atoms with E-state index in [9.17, 15) is 0 Å². The summed E-state index contributed by atoms with van der Waals surface area (Å²) in [7, 11) is 0. The average Bonchev–Trinajstić information content (AvgIpc) is 1.56. The molecule has 0 atom stereocenters. The van der Waals surface area contributed by atoms with Gasteiger partial charge in [-0.05, 0) is 232 Å². The van der Waals surface area contributed by atoms with Gasteiger partial charge in [-0.1, -0.05) is 316 Å². The van der Waals surface area contributed by atoms with Gasteiger partial charge in [-0.3, -0.25) is 0 Å². The highest BCUT2D eigenvalue weighted by Crippen LogP contribution is 2.63. The van der Waals surface area contributed by atoms with Crippen LogP contribution >= 0.6 is 0 Å². The molecule has 0 bridgehead atoms. The van der Waals surface area contributed by atoms with Gasteiger partial charge in [-0.2, -0.15) is 0 Å². The second kappa shape index (κ2) is 20.6. The minimum absolute atomic E-state index is 0.200. The van der Waals surface area contributed by atoms with Crippen LogP contribution in [0.3, 0.4) is 0 Å². The lowest BCUT2D eigenvalue weighted by atomic mass is 9.65. The molecule has 0 saturated heterocycles. The second-order valence-electron chi connectivity index (χ2n) is 30.2. The van der Waals surface area contributed by atoms with Crippen LogP contribution in [0, 0.1) is 0 Å². The third kappa shape index (κ3) is 7.93. The van der Waals surface area contributed by atoms with Crippen molar-refractivity contribution in [3.63, 3.8) is 0 Å². The van der Waals surface area contributed by atoms with Crippen LogP contribution in [0.1, 0.15) is 122 Å². The molecule has 0 radical (unpaired) electrons. The maximum absolute atomic E-state index is 2.63. The van der Waals surface area contributed by atoms with Gasteiger partial charge >= 0.3 is 0 Å². The summed E-state index contributed by atoms with van der Waals surface area (Å²) in [6.45, 7) is 19.3. The Morgan fingerprint density at radius 3 is 0.742 bits per heavy atom. The molecular formula is C97H74.